The van der Waals surface area contributed by atoms with Gasteiger partial charge in [0, 0.05) is 32.4 Å². The van der Waals surface area contributed by atoms with Crippen LogP contribution in [0.15, 0.2) is 12.5 Å². The molecule has 1 aliphatic heterocycles. The van der Waals surface area contributed by atoms with Crippen molar-refractivity contribution in [2.45, 2.75) is 39.7 Å². The molecule has 1 saturated heterocycles. The van der Waals surface area contributed by atoms with Crippen molar-refractivity contribution < 1.29 is 4.79 Å². The van der Waals surface area contributed by atoms with Crippen LogP contribution in [0.25, 0.3) is 0 Å². The summed E-state index contributed by atoms with van der Waals surface area (Å²) in [4.78, 5) is 18.5. The fourth-order valence-electron chi connectivity index (χ4n) is 2.53. The second kappa shape index (κ2) is 5.74. The number of carbonyl (C=O) groups is 1. The highest BCUT2D eigenvalue weighted by molar-refractivity contribution is 5.92. The van der Waals surface area contributed by atoms with E-state index in [9.17, 15) is 4.79 Å². The van der Waals surface area contributed by atoms with Gasteiger partial charge in [0.2, 0.25) is 0 Å². The van der Waals surface area contributed by atoms with Gasteiger partial charge in [0.05, 0.1) is 6.33 Å². The Bertz CT molecular complexity index is 438. The van der Waals surface area contributed by atoms with Crippen molar-refractivity contribution in [2.75, 3.05) is 19.6 Å². The minimum Gasteiger partial charge on any atom is -0.337 e. The molecule has 2 rings (SSSR count). The van der Waals surface area contributed by atoms with Gasteiger partial charge in [0.1, 0.15) is 5.69 Å². The van der Waals surface area contributed by atoms with Crippen molar-refractivity contribution in [3.63, 3.8) is 0 Å². The quantitative estimate of drug-likeness (QED) is 0.899. The number of likely N-dealkylation sites (tertiary alicyclic amines) is 1. The Morgan fingerprint density at radius 1 is 1.42 bits per heavy atom. The van der Waals surface area contributed by atoms with E-state index in [-0.39, 0.29) is 5.91 Å². The molecule has 0 aliphatic carbocycles. The summed E-state index contributed by atoms with van der Waals surface area (Å²) in [5.41, 5.74) is 6.37. The molecule has 1 aromatic rings. The molecule has 5 nitrogen and oxygen atoms in total. The van der Waals surface area contributed by atoms with Gasteiger partial charge in [-0.1, -0.05) is 13.8 Å². The van der Waals surface area contributed by atoms with E-state index < -0.39 is 0 Å². The lowest BCUT2D eigenvalue weighted by Gasteiger charge is -2.22. The average Bonchev–Trinajstić information content (AvgIpc) is 2.74. The maximum Gasteiger partial charge on any atom is 0.274 e. The molecular weight excluding hydrogens is 240 g/mol. The number of nitrogens with zero attached hydrogens (tertiary/aromatic N) is 3. The van der Waals surface area contributed by atoms with Crippen LogP contribution in [0.4, 0.5) is 0 Å². The molecule has 0 unspecified atom stereocenters. The van der Waals surface area contributed by atoms with Crippen LogP contribution in [0.2, 0.25) is 0 Å². The van der Waals surface area contributed by atoms with Gasteiger partial charge in [-0.05, 0) is 24.7 Å². The number of rotatable bonds is 3. The zero-order chi connectivity index (χ0) is 13.9. The molecule has 1 amide bonds. The highest BCUT2D eigenvalue weighted by atomic mass is 16.2. The molecule has 0 aromatic carbocycles. The summed E-state index contributed by atoms with van der Waals surface area (Å²) in [6.07, 6.45) is 6.79. The van der Waals surface area contributed by atoms with Crippen LogP contribution in [-0.4, -0.2) is 40.0 Å². The Labute approximate surface area is 114 Å². The summed E-state index contributed by atoms with van der Waals surface area (Å²) < 4.78 is 1.87. The largest absolute Gasteiger partial charge is 0.337 e. The van der Waals surface area contributed by atoms with Crippen molar-refractivity contribution in [3.05, 3.63) is 18.2 Å². The fourth-order valence-corrected chi connectivity index (χ4v) is 2.53. The lowest BCUT2D eigenvalue weighted by molar-refractivity contribution is 0.0752. The molecule has 1 aliphatic rings. The van der Waals surface area contributed by atoms with E-state index in [0.717, 1.165) is 25.9 Å². The van der Waals surface area contributed by atoms with E-state index in [4.69, 9.17) is 5.73 Å². The maximum absolute atomic E-state index is 12.4. The molecule has 106 valence electrons. The molecule has 19 heavy (non-hydrogen) atoms. The molecule has 0 radical (unpaired) electrons. The number of hydrogen-bond acceptors (Lipinski definition) is 3. The summed E-state index contributed by atoms with van der Waals surface area (Å²) >= 11 is 0. The Kier molecular flexibility index (Phi) is 4.24. The third kappa shape index (κ3) is 3.56. The first-order valence-electron chi connectivity index (χ1n) is 7.03. The predicted octanol–water partition coefficient (Wildman–Crippen LogP) is 1.49. The molecule has 0 bridgehead atoms. The Morgan fingerprint density at radius 2 is 2.21 bits per heavy atom. The van der Waals surface area contributed by atoms with E-state index >= 15 is 0 Å². The Hall–Kier alpha value is -1.36. The topological polar surface area (TPSA) is 64.2 Å². The van der Waals surface area contributed by atoms with E-state index in [0.29, 0.717) is 24.2 Å². The van der Waals surface area contributed by atoms with E-state index in [2.05, 4.69) is 18.8 Å². The molecule has 2 N–H and O–H groups in total. The lowest BCUT2D eigenvalue weighted by atomic mass is 9.85. The van der Waals surface area contributed by atoms with Crippen LogP contribution in [0.5, 0.6) is 0 Å². The molecule has 0 saturated carbocycles. The highest BCUT2D eigenvalue weighted by Crippen LogP contribution is 2.30. The highest BCUT2D eigenvalue weighted by Gasteiger charge is 2.26. The van der Waals surface area contributed by atoms with Gasteiger partial charge in [0.25, 0.3) is 5.91 Å². The van der Waals surface area contributed by atoms with Crippen LogP contribution in [0.1, 0.15) is 43.6 Å². The minimum absolute atomic E-state index is 0.0495. The molecular formula is C14H24N4O. The second-order valence-electron chi connectivity index (χ2n) is 6.10. The Balaban J connectivity index is 2.02. The first-order valence-corrected chi connectivity index (χ1v) is 7.03. The van der Waals surface area contributed by atoms with Gasteiger partial charge >= 0.3 is 0 Å². The smallest absolute Gasteiger partial charge is 0.274 e. The fraction of sp³-hybridized carbons (Fsp3) is 0.714. The minimum atomic E-state index is 0.0495. The maximum atomic E-state index is 12.4. The second-order valence-corrected chi connectivity index (χ2v) is 6.10. The average molecular weight is 264 g/mol. The summed E-state index contributed by atoms with van der Waals surface area (Å²) in [5, 5.41) is 0. The summed E-state index contributed by atoms with van der Waals surface area (Å²) in [7, 11) is 0. The number of carbonyl (C=O) groups excluding carboxylic acids is 1. The van der Waals surface area contributed by atoms with E-state index in [1.165, 1.54) is 6.42 Å². The van der Waals surface area contributed by atoms with Gasteiger partial charge in [-0.25, -0.2) is 4.98 Å². The van der Waals surface area contributed by atoms with Gasteiger partial charge in [-0.3, -0.25) is 4.79 Å². The molecule has 5 heteroatoms. The van der Waals surface area contributed by atoms with Crippen LogP contribution in [-0.2, 0) is 6.54 Å². The molecule has 0 spiro atoms. The molecule has 0 atom stereocenters. The van der Waals surface area contributed by atoms with Crippen LogP contribution in [0, 0.1) is 5.41 Å². The third-order valence-electron chi connectivity index (χ3n) is 3.87. The van der Waals surface area contributed by atoms with Crippen molar-refractivity contribution in [2.24, 2.45) is 11.1 Å². The number of aromatic nitrogens is 2. The SMILES string of the molecule is CC1(C)CCCN(C(=O)c2cn(CCN)cn2)CC1. The van der Waals surface area contributed by atoms with Crippen molar-refractivity contribution in [1.82, 2.24) is 14.5 Å². The predicted molar refractivity (Wildman–Crippen MR) is 74.8 cm³/mol. The van der Waals surface area contributed by atoms with Crippen molar-refractivity contribution in [3.8, 4) is 0 Å². The van der Waals surface area contributed by atoms with E-state index in [1.807, 2.05) is 9.47 Å². The van der Waals surface area contributed by atoms with Gasteiger partial charge in [0.15, 0.2) is 0 Å². The summed E-state index contributed by atoms with van der Waals surface area (Å²) in [6, 6.07) is 0. The van der Waals surface area contributed by atoms with Crippen LogP contribution >= 0.6 is 0 Å². The number of amides is 1. The first kappa shape index (κ1) is 14.1. The number of nitrogens with two attached hydrogens (primary N) is 1. The van der Waals surface area contributed by atoms with Gasteiger partial charge < -0.3 is 15.2 Å². The zero-order valence-corrected chi connectivity index (χ0v) is 11.9. The molecule has 1 fully saturated rings. The lowest BCUT2D eigenvalue weighted by Crippen LogP contribution is -2.32. The number of hydrogen-bond donors (Lipinski definition) is 1. The monoisotopic (exact) mass is 264 g/mol. The Morgan fingerprint density at radius 3 is 2.95 bits per heavy atom. The van der Waals surface area contributed by atoms with Crippen LogP contribution < -0.4 is 5.73 Å². The standard InChI is InChI=1S/C14H24N4O/c1-14(2)4-3-7-18(8-5-14)13(19)12-10-17(9-6-15)11-16-12/h10-11H,3-9,15H2,1-2H3. The van der Waals surface area contributed by atoms with Crippen LogP contribution in [0.3, 0.4) is 0 Å². The van der Waals surface area contributed by atoms with Crippen molar-refractivity contribution >= 4 is 5.91 Å². The van der Waals surface area contributed by atoms with E-state index in [1.54, 1.807) is 12.5 Å². The molecule has 1 aromatic heterocycles. The number of imidazole rings is 1. The zero-order valence-electron chi connectivity index (χ0n) is 11.9. The molecule has 2 heterocycles. The van der Waals surface area contributed by atoms with Crippen molar-refractivity contribution in [1.29, 1.82) is 0 Å². The normalized spacial score (nSPS) is 19.2. The van der Waals surface area contributed by atoms with Gasteiger partial charge in [-0.2, -0.15) is 0 Å². The summed E-state index contributed by atoms with van der Waals surface area (Å²) in [6.45, 7) is 7.48. The summed E-state index contributed by atoms with van der Waals surface area (Å²) in [5.74, 6) is 0.0495. The van der Waals surface area contributed by atoms with Gasteiger partial charge in [-0.15, -0.1) is 0 Å². The third-order valence-corrected chi connectivity index (χ3v) is 3.87. The first-order chi connectivity index (χ1) is 9.02.